The molecule has 4 rings (SSSR count). The van der Waals surface area contributed by atoms with Crippen molar-refractivity contribution >= 4 is 11.6 Å². The van der Waals surface area contributed by atoms with Crippen molar-refractivity contribution in [1.29, 1.82) is 0 Å². The van der Waals surface area contributed by atoms with Gasteiger partial charge in [0.15, 0.2) is 0 Å². The fourth-order valence-electron chi connectivity index (χ4n) is 4.25. The van der Waals surface area contributed by atoms with Crippen molar-refractivity contribution in [2.75, 3.05) is 13.1 Å². The zero-order valence-corrected chi connectivity index (χ0v) is 20.2. The number of aromatic hydroxyl groups is 1. The smallest absolute Gasteiger partial charge is 0.120 e. The maximum atomic E-state index is 10.5. The Kier molecular flexibility index (Phi) is 8.37. The number of halogens is 1. The third kappa shape index (κ3) is 6.06. The lowest BCUT2D eigenvalue weighted by Gasteiger charge is -2.23. The number of hydrogen-bond acceptors (Lipinski definition) is 3. The molecule has 0 fully saturated rings. The molecule has 0 heterocycles. The second kappa shape index (κ2) is 11.8. The highest BCUT2D eigenvalue weighted by molar-refractivity contribution is 6.30. The van der Waals surface area contributed by atoms with Crippen LogP contribution in [0.3, 0.4) is 0 Å². The summed E-state index contributed by atoms with van der Waals surface area (Å²) in [5.41, 5.74) is 5.69. The third-order valence-electron chi connectivity index (χ3n) is 6.13. The van der Waals surface area contributed by atoms with E-state index in [1.807, 2.05) is 36.4 Å². The molecule has 174 valence electrons. The number of para-hydroxylation sites is 1. The molecule has 2 unspecified atom stereocenters. The van der Waals surface area contributed by atoms with Crippen LogP contribution in [0.5, 0.6) is 5.75 Å². The van der Waals surface area contributed by atoms with Crippen molar-refractivity contribution in [3.05, 3.63) is 136 Å². The van der Waals surface area contributed by atoms with Crippen LogP contribution < -0.4 is 10.6 Å². The SMILES string of the molecule is CCc1ccc(C(NCCNC(c2ccccc2)c2ccc(Cl)cc2)c2ccccc2O)cc1. The Morgan fingerprint density at radius 3 is 1.82 bits per heavy atom. The van der Waals surface area contributed by atoms with Crippen LogP contribution in [-0.2, 0) is 6.42 Å². The predicted molar refractivity (Wildman–Crippen MR) is 142 cm³/mol. The largest absolute Gasteiger partial charge is 0.508 e. The van der Waals surface area contributed by atoms with Gasteiger partial charge in [0.25, 0.3) is 0 Å². The van der Waals surface area contributed by atoms with E-state index in [1.54, 1.807) is 6.07 Å². The van der Waals surface area contributed by atoms with E-state index in [2.05, 4.69) is 78.2 Å². The summed E-state index contributed by atoms with van der Waals surface area (Å²) in [5.74, 6) is 0.302. The average Bonchev–Trinajstić information content (AvgIpc) is 2.88. The molecule has 0 spiro atoms. The highest BCUT2D eigenvalue weighted by Crippen LogP contribution is 2.29. The van der Waals surface area contributed by atoms with Gasteiger partial charge in [-0.3, -0.25) is 0 Å². The van der Waals surface area contributed by atoms with E-state index in [9.17, 15) is 5.11 Å². The van der Waals surface area contributed by atoms with Crippen molar-refractivity contribution in [2.45, 2.75) is 25.4 Å². The fourth-order valence-corrected chi connectivity index (χ4v) is 4.37. The molecule has 0 aliphatic heterocycles. The number of rotatable bonds is 10. The van der Waals surface area contributed by atoms with E-state index in [0.717, 1.165) is 35.7 Å². The summed E-state index contributed by atoms with van der Waals surface area (Å²) >= 11 is 6.12. The van der Waals surface area contributed by atoms with Gasteiger partial charge in [0, 0.05) is 23.7 Å². The van der Waals surface area contributed by atoms with Gasteiger partial charge >= 0.3 is 0 Å². The zero-order chi connectivity index (χ0) is 23.8. The first-order valence-electron chi connectivity index (χ1n) is 11.8. The number of aryl methyl sites for hydroxylation is 1. The number of phenolic OH excluding ortho intramolecular Hbond substituents is 1. The van der Waals surface area contributed by atoms with Crippen LogP contribution in [-0.4, -0.2) is 18.2 Å². The van der Waals surface area contributed by atoms with Crippen LogP contribution in [0, 0.1) is 0 Å². The minimum atomic E-state index is -0.0976. The lowest BCUT2D eigenvalue weighted by molar-refractivity contribution is 0.455. The summed E-state index contributed by atoms with van der Waals surface area (Å²) in [6, 6.07) is 34.6. The molecule has 4 aromatic rings. The lowest BCUT2D eigenvalue weighted by atomic mass is 9.96. The van der Waals surface area contributed by atoms with E-state index in [4.69, 9.17) is 11.6 Å². The molecule has 3 nitrogen and oxygen atoms in total. The molecule has 3 N–H and O–H groups in total. The molecule has 0 aromatic heterocycles. The molecule has 0 saturated heterocycles. The second-order valence-corrected chi connectivity index (χ2v) is 8.83. The summed E-state index contributed by atoms with van der Waals surface area (Å²) in [4.78, 5) is 0. The Hall–Kier alpha value is -3.11. The molecule has 34 heavy (non-hydrogen) atoms. The maximum Gasteiger partial charge on any atom is 0.120 e. The topological polar surface area (TPSA) is 44.3 Å². The minimum absolute atomic E-state index is 0.0627. The van der Waals surface area contributed by atoms with Crippen molar-refractivity contribution in [2.24, 2.45) is 0 Å². The monoisotopic (exact) mass is 470 g/mol. The van der Waals surface area contributed by atoms with Crippen LogP contribution >= 0.6 is 11.6 Å². The number of hydrogen-bond donors (Lipinski definition) is 3. The van der Waals surface area contributed by atoms with Crippen LogP contribution in [0.4, 0.5) is 0 Å². The molecule has 0 amide bonds. The molecule has 0 aliphatic carbocycles. The van der Waals surface area contributed by atoms with Crippen LogP contribution in [0.15, 0.2) is 103 Å². The number of nitrogens with one attached hydrogen (secondary N) is 2. The van der Waals surface area contributed by atoms with Crippen molar-refractivity contribution < 1.29 is 5.11 Å². The minimum Gasteiger partial charge on any atom is -0.508 e. The molecule has 4 aromatic carbocycles. The molecule has 0 radical (unpaired) electrons. The van der Waals surface area contributed by atoms with Gasteiger partial charge in [-0.25, -0.2) is 0 Å². The Morgan fingerprint density at radius 2 is 1.18 bits per heavy atom. The zero-order valence-electron chi connectivity index (χ0n) is 19.4. The van der Waals surface area contributed by atoms with Crippen LogP contribution in [0.25, 0.3) is 0 Å². The van der Waals surface area contributed by atoms with E-state index in [0.29, 0.717) is 5.75 Å². The molecule has 4 heteroatoms. The highest BCUT2D eigenvalue weighted by Gasteiger charge is 2.18. The highest BCUT2D eigenvalue weighted by atomic mass is 35.5. The quantitative estimate of drug-likeness (QED) is 0.227. The number of phenols is 1. The van der Waals surface area contributed by atoms with Gasteiger partial charge in [-0.05, 0) is 46.9 Å². The van der Waals surface area contributed by atoms with Gasteiger partial charge < -0.3 is 15.7 Å². The first-order chi connectivity index (χ1) is 16.7. The first-order valence-corrected chi connectivity index (χ1v) is 12.2. The van der Waals surface area contributed by atoms with Gasteiger partial charge in [0.05, 0.1) is 12.1 Å². The molecule has 2 atom stereocenters. The normalized spacial score (nSPS) is 12.9. The molecular weight excluding hydrogens is 440 g/mol. The van der Waals surface area contributed by atoms with Gasteiger partial charge in [-0.15, -0.1) is 0 Å². The second-order valence-electron chi connectivity index (χ2n) is 8.39. The first kappa shape index (κ1) is 24.0. The molecule has 0 saturated carbocycles. The van der Waals surface area contributed by atoms with E-state index in [-0.39, 0.29) is 12.1 Å². The van der Waals surface area contributed by atoms with E-state index < -0.39 is 0 Å². The maximum absolute atomic E-state index is 10.5. The Morgan fingerprint density at radius 1 is 0.647 bits per heavy atom. The number of benzene rings is 4. The standard InChI is InChI=1S/C30H31ClN2O/c1-2-22-12-14-25(15-13-22)30(27-10-6-7-11-28(27)34)33-21-20-32-29(23-8-4-3-5-9-23)24-16-18-26(31)19-17-24/h3-19,29-30,32-34H,2,20-21H2,1H3. The Balaban J connectivity index is 1.49. The summed E-state index contributed by atoms with van der Waals surface area (Å²) in [7, 11) is 0. The predicted octanol–water partition coefficient (Wildman–Crippen LogP) is 6.67. The molecule has 0 aliphatic rings. The van der Waals surface area contributed by atoms with Crippen molar-refractivity contribution in [3.63, 3.8) is 0 Å². The van der Waals surface area contributed by atoms with Gasteiger partial charge in [0.2, 0.25) is 0 Å². The summed E-state index contributed by atoms with van der Waals surface area (Å²) in [6.45, 7) is 3.63. The summed E-state index contributed by atoms with van der Waals surface area (Å²) in [5, 5.41) is 18.6. The third-order valence-corrected chi connectivity index (χ3v) is 6.38. The molecular formula is C30H31ClN2O. The Labute approximate surface area is 207 Å². The van der Waals surface area contributed by atoms with Gasteiger partial charge in [-0.1, -0.05) is 103 Å². The molecule has 0 bridgehead atoms. The van der Waals surface area contributed by atoms with Crippen LogP contribution in [0.2, 0.25) is 5.02 Å². The van der Waals surface area contributed by atoms with Crippen LogP contribution in [0.1, 0.15) is 46.8 Å². The van der Waals surface area contributed by atoms with Crippen molar-refractivity contribution in [1.82, 2.24) is 10.6 Å². The fraction of sp³-hybridized carbons (Fsp3) is 0.200. The summed E-state index contributed by atoms with van der Waals surface area (Å²) in [6.07, 6.45) is 1.00. The lowest BCUT2D eigenvalue weighted by Crippen LogP contribution is -2.33. The van der Waals surface area contributed by atoms with E-state index in [1.165, 1.54) is 16.7 Å². The van der Waals surface area contributed by atoms with Crippen molar-refractivity contribution in [3.8, 4) is 5.75 Å². The average molecular weight is 471 g/mol. The van der Waals surface area contributed by atoms with Gasteiger partial charge in [0.1, 0.15) is 5.75 Å². The summed E-state index contributed by atoms with van der Waals surface area (Å²) < 4.78 is 0. The van der Waals surface area contributed by atoms with E-state index >= 15 is 0 Å². The van der Waals surface area contributed by atoms with Gasteiger partial charge in [-0.2, -0.15) is 0 Å². The Bertz CT molecular complexity index is 1160.